The number of benzene rings is 2. The zero-order valence-corrected chi connectivity index (χ0v) is 16.5. The Bertz CT molecular complexity index is 1030. The van der Waals surface area contributed by atoms with Crippen molar-refractivity contribution in [2.45, 2.75) is 44.2 Å². The Morgan fingerprint density at radius 2 is 1.85 bits per heavy atom. The fraction of sp³-hybridized carbons (Fsp3) is 0.318. The molecule has 0 N–H and O–H groups in total. The Kier molecular flexibility index (Phi) is 6.31. The van der Waals surface area contributed by atoms with Crippen molar-refractivity contribution in [1.82, 2.24) is 9.55 Å². The van der Waals surface area contributed by atoms with Crippen LogP contribution in [0.2, 0.25) is 0 Å². The number of unbranched alkanes of at least 4 members (excludes halogenated alkanes) is 2. The Morgan fingerprint density at radius 3 is 2.63 bits per heavy atom. The van der Waals surface area contributed by atoms with Crippen LogP contribution in [0.4, 0.5) is 0 Å². The second-order valence-electron chi connectivity index (χ2n) is 6.73. The normalized spacial score (nSPS) is 11.0. The van der Waals surface area contributed by atoms with E-state index in [9.17, 15) is 4.79 Å². The molecule has 0 aliphatic heterocycles. The molecule has 138 valence electrons. The van der Waals surface area contributed by atoms with Gasteiger partial charge in [0, 0.05) is 12.2 Å². The summed E-state index contributed by atoms with van der Waals surface area (Å²) in [6, 6.07) is 17.7. The first-order chi connectivity index (χ1) is 13.1. The Hall–Kier alpha value is -2.58. The van der Waals surface area contributed by atoms with Crippen molar-refractivity contribution < 1.29 is 0 Å². The van der Waals surface area contributed by atoms with Crippen molar-refractivity contribution in [2.75, 3.05) is 5.75 Å². The number of hydrogen-bond acceptors (Lipinski definition) is 4. The largest absolute Gasteiger partial charge is 0.268 e. The van der Waals surface area contributed by atoms with Gasteiger partial charge in [-0.15, -0.1) is 0 Å². The third kappa shape index (κ3) is 4.23. The Labute approximate surface area is 163 Å². The van der Waals surface area contributed by atoms with Crippen LogP contribution in [0.3, 0.4) is 0 Å². The molecule has 0 atom stereocenters. The van der Waals surface area contributed by atoms with Crippen molar-refractivity contribution in [2.24, 2.45) is 0 Å². The maximum absolute atomic E-state index is 13.3. The highest BCUT2D eigenvalue weighted by Crippen LogP contribution is 2.27. The molecule has 0 radical (unpaired) electrons. The SMILES string of the molecule is CC(C)c1ccccc1-n1c(SCCCCC#N)nc2ccccc2c1=O. The van der Waals surface area contributed by atoms with Crippen LogP contribution >= 0.6 is 11.8 Å². The second-order valence-corrected chi connectivity index (χ2v) is 7.79. The molecule has 3 aromatic rings. The van der Waals surface area contributed by atoms with Crippen LogP contribution in [0.25, 0.3) is 16.6 Å². The lowest BCUT2D eigenvalue weighted by molar-refractivity contribution is 0.776. The molecule has 27 heavy (non-hydrogen) atoms. The lowest BCUT2D eigenvalue weighted by Crippen LogP contribution is -2.23. The molecule has 0 saturated carbocycles. The number of hydrogen-bond donors (Lipinski definition) is 0. The van der Waals surface area contributed by atoms with E-state index >= 15 is 0 Å². The minimum atomic E-state index is -0.0341. The Morgan fingerprint density at radius 1 is 1.11 bits per heavy atom. The van der Waals surface area contributed by atoms with Crippen LogP contribution in [0, 0.1) is 11.3 Å². The molecule has 0 unspecified atom stereocenters. The average Bonchev–Trinajstić information content (AvgIpc) is 2.68. The van der Waals surface area contributed by atoms with Crippen LogP contribution in [0.15, 0.2) is 58.5 Å². The summed E-state index contributed by atoms with van der Waals surface area (Å²) in [5.41, 5.74) is 2.71. The molecule has 2 aromatic carbocycles. The van der Waals surface area contributed by atoms with Gasteiger partial charge in [-0.25, -0.2) is 4.98 Å². The summed E-state index contributed by atoms with van der Waals surface area (Å²) in [4.78, 5) is 18.1. The lowest BCUT2D eigenvalue weighted by Gasteiger charge is -2.18. The van der Waals surface area contributed by atoms with Crippen molar-refractivity contribution in [3.05, 3.63) is 64.4 Å². The van der Waals surface area contributed by atoms with E-state index in [-0.39, 0.29) is 5.56 Å². The smallest absolute Gasteiger partial charge is 0.266 e. The van der Waals surface area contributed by atoms with Gasteiger partial charge in [0.05, 0.1) is 22.7 Å². The molecule has 5 heteroatoms. The molecule has 1 heterocycles. The minimum Gasteiger partial charge on any atom is -0.268 e. The topological polar surface area (TPSA) is 58.7 Å². The van der Waals surface area contributed by atoms with Gasteiger partial charge < -0.3 is 0 Å². The molecule has 0 bridgehead atoms. The summed E-state index contributed by atoms with van der Waals surface area (Å²) >= 11 is 1.58. The predicted octanol–water partition coefficient (Wildman–Crippen LogP) is 5.30. The van der Waals surface area contributed by atoms with Crippen molar-refractivity contribution in [3.8, 4) is 11.8 Å². The monoisotopic (exact) mass is 377 g/mol. The van der Waals surface area contributed by atoms with E-state index in [0.717, 1.165) is 35.4 Å². The zero-order valence-electron chi connectivity index (χ0n) is 15.7. The van der Waals surface area contributed by atoms with Crippen LogP contribution < -0.4 is 5.56 Å². The number of aromatic nitrogens is 2. The van der Waals surface area contributed by atoms with Gasteiger partial charge in [-0.3, -0.25) is 9.36 Å². The van der Waals surface area contributed by atoms with Gasteiger partial charge in [0.2, 0.25) is 0 Å². The van der Waals surface area contributed by atoms with Gasteiger partial charge in [0.15, 0.2) is 5.16 Å². The second kappa shape index (κ2) is 8.88. The quantitative estimate of drug-likeness (QED) is 0.319. The van der Waals surface area contributed by atoms with Crippen LogP contribution in [-0.4, -0.2) is 15.3 Å². The number of thioether (sulfide) groups is 1. The van der Waals surface area contributed by atoms with Gasteiger partial charge in [-0.05, 0) is 42.5 Å². The molecule has 0 amide bonds. The van der Waals surface area contributed by atoms with E-state index < -0.39 is 0 Å². The van der Waals surface area contributed by atoms with E-state index in [1.165, 1.54) is 0 Å². The van der Waals surface area contributed by atoms with E-state index in [1.807, 2.05) is 42.5 Å². The van der Waals surface area contributed by atoms with Gasteiger partial charge in [0.1, 0.15) is 0 Å². The molecule has 0 spiro atoms. The fourth-order valence-electron chi connectivity index (χ4n) is 3.07. The summed E-state index contributed by atoms with van der Waals surface area (Å²) < 4.78 is 1.76. The van der Waals surface area contributed by atoms with E-state index in [1.54, 1.807) is 16.3 Å². The van der Waals surface area contributed by atoms with E-state index in [0.29, 0.717) is 22.9 Å². The predicted molar refractivity (Wildman–Crippen MR) is 112 cm³/mol. The highest BCUT2D eigenvalue weighted by molar-refractivity contribution is 7.99. The standard InChI is InChI=1S/C22H23N3OS/c1-16(2)17-10-5-7-13-20(17)25-21(26)18-11-4-6-12-19(18)24-22(25)27-15-9-3-8-14-23/h4-7,10-13,16H,3,8-9,15H2,1-2H3. The first-order valence-corrected chi connectivity index (χ1v) is 10.2. The van der Waals surface area contributed by atoms with Gasteiger partial charge >= 0.3 is 0 Å². The molecule has 0 fully saturated rings. The lowest BCUT2D eigenvalue weighted by atomic mass is 10.0. The van der Waals surface area contributed by atoms with Crippen molar-refractivity contribution in [1.29, 1.82) is 5.26 Å². The van der Waals surface area contributed by atoms with Crippen LogP contribution in [0.1, 0.15) is 44.6 Å². The summed E-state index contributed by atoms with van der Waals surface area (Å²) in [6.45, 7) is 4.26. The van der Waals surface area contributed by atoms with Crippen molar-refractivity contribution >= 4 is 22.7 Å². The first-order valence-electron chi connectivity index (χ1n) is 9.24. The maximum atomic E-state index is 13.3. The van der Waals surface area contributed by atoms with E-state index in [4.69, 9.17) is 10.2 Å². The number of rotatable bonds is 7. The third-order valence-electron chi connectivity index (χ3n) is 4.46. The zero-order chi connectivity index (χ0) is 19.2. The Balaban J connectivity index is 2.12. The van der Waals surface area contributed by atoms with Gasteiger partial charge in [-0.1, -0.05) is 55.9 Å². The molecule has 0 saturated heterocycles. The number of fused-ring (bicyclic) bond motifs is 1. The third-order valence-corrected chi connectivity index (χ3v) is 5.48. The number of para-hydroxylation sites is 2. The van der Waals surface area contributed by atoms with Gasteiger partial charge in [0.25, 0.3) is 5.56 Å². The summed E-state index contributed by atoms with van der Waals surface area (Å²) in [7, 11) is 0. The van der Waals surface area contributed by atoms with E-state index in [2.05, 4.69) is 26.0 Å². The van der Waals surface area contributed by atoms with Crippen LogP contribution in [0.5, 0.6) is 0 Å². The number of nitriles is 1. The fourth-order valence-corrected chi connectivity index (χ4v) is 4.07. The first kappa shape index (κ1) is 19.2. The summed E-state index contributed by atoms with van der Waals surface area (Å²) in [5, 5.41) is 10.0. The number of nitrogens with zero attached hydrogens (tertiary/aromatic N) is 3. The minimum absolute atomic E-state index is 0.0341. The van der Waals surface area contributed by atoms with Crippen LogP contribution in [-0.2, 0) is 0 Å². The molecule has 0 aliphatic rings. The molecular formula is C22H23N3OS. The average molecular weight is 378 g/mol. The van der Waals surface area contributed by atoms with Gasteiger partial charge in [-0.2, -0.15) is 5.26 Å². The molecule has 4 nitrogen and oxygen atoms in total. The highest BCUT2D eigenvalue weighted by atomic mass is 32.2. The summed E-state index contributed by atoms with van der Waals surface area (Å²) in [6.07, 6.45) is 2.35. The molecule has 1 aromatic heterocycles. The maximum Gasteiger partial charge on any atom is 0.266 e. The highest BCUT2D eigenvalue weighted by Gasteiger charge is 2.16. The molecule has 3 rings (SSSR count). The summed E-state index contributed by atoms with van der Waals surface area (Å²) in [5.74, 6) is 1.13. The van der Waals surface area contributed by atoms with Crippen molar-refractivity contribution in [3.63, 3.8) is 0 Å². The molecule has 0 aliphatic carbocycles. The molecular weight excluding hydrogens is 354 g/mol.